The number of nitrogens with zero attached hydrogens (tertiary/aromatic N) is 3. The van der Waals surface area contributed by atoms with E-state index in [1.54, 1.807) is 18.5 Å². The van der Waals surface area contributed by atoms with E-state index in [4.69, 9.17) is 4.74 Å². The zero-order valence-electron chi connectivity index (χ0n) is 16.6. The van der Waals surface area contributed by atoms with E-state index in [0.717, 1.165) is 37.9 Å². The lowest BCUT2D eigenvalue weighted by Gasteiger charge is -2.38. The fourth-order valence-corrected chi connectivity index (χ4v) is 4.98. The molecule has 2 N–H and O–H groups in total. The van der Waals surface area contributed by atoms with E-state index >= 15 is 0 Å². The van der Waals surface area contributed by atoms with Crippen LogP contribution in [0.15, 0.2) is 30.6 Å². The molecule has 1 aromatic carbocycles. The SMILES string of the molecule is CN(c1cnc(-c2ccc([C@@H]3CCOC3)cc2O)cn1)[C@@H]1CC2CC[C@H](N2)[C@@H]1F. The van der Waals surface area contributed by atoms with Crippen LogP contribution in [0.3, 0.4) is 0 Å². The first-order valence-corrected chi connectivity index (χ1v) is 10.5. The van der Waals surface area contributed by atoms with Crippen molar-refractivity contribution in [2.75, 3.05) is 25.2 Å². The van der Waals surface area contributed by atoms with E-state index in [1.807, 2.05) is 24.1 Å². The van der Waals surface area contributed by atoms with Gasteiger partial charge >= 0.3 is 0 Å². The van der Waals surface area contributed by atoms with Gasteiger partial charge in [0.05, 0.1) is 30.7 Å². The highest BCUT2D eigenvalue weighted by Gasteiger charge is 2.43. The smallest absolute Gasteiger partial charge is 0.147 e. The van der Waals surface area contributed by atoms with Crippen molar-refractivity contribution in [3.8, 4) is 17.0 Å². The highest BCUT2D eigenvalue weighted by atomic mass is 19.1. The summed E-state index contributed by atoms with van der Waals surface area (Å²) in [5, 5.41) is 13.9. The molecule has 3 aliphatic rings. The van der Waals surface area contributed by atoms with Gasteiger partial charge in [-0.25, -0.2) is 9.37 Å². The number of phenols is 1. The predicted molar refractivity (Wildman–Crippen MR) is 109 cm³/mol. The van der Waals surface area contributed by atoms with Crippen LogP contribution in [-0.4, -0.2) is 59.6 Å². The Morgan fingerprint density at radius 1 is 1.21 bits per heavy atom. The second-order valence-electron chi connectivity index (χ2n) is 8.50. The zero-order chi connectivity index (χ0) is 20.0. The maximum absolute atomic E-state index is 14.8. The first-order chi connectivity index (χ1) is 14.1. The summed E-state index contributed by atoms with van der Waals surface area (Å²) in [6, 6.07) is 5.87. The minimum Gasteiger partial charge on any atom is -0.507 e. The molecule has 5 rings (SSSR count). The Morgan fingerprint density at radius 3 is 2.83 bits per heavy atom. The number of rotatable bonds is 4. The van der Waals surface area contributed by atoms with Gasteiger partial charge in [0.2, 0.25) is 0 Å². The fraction of sp³-hybridized carbons (Fsp3) is 0.545. The van der Waals surface area contributed by atoms with E-state index in [9.17, 15) is 9.50 Å². The number of fused-ring (bicyclic) bond motifs is 2. The summed E-state index contributed by atoms with van der Waals surface area (Å²) in [7, 11) is 1.89. The van der Waals surface area contributed by atoms with Crippen molar-refractivity contribution in [1.29, 1.82) is 0 Å². The quantitative estimate of drug-likeness (QED) is 0.825. The minimum atomic E-state index is -0.906. The molecule has 7 heteroatoms. The van der Waals surface area contributed by atoms with Crippen molar-refractivity contribution >= 4 is 5.82 Å². The molecule has 4 heterocycles. The molecule has 0 spiro atoms. The molecule has 3 fully saturated rings. The van der Waals surface area contributed by atoms with Crippen molar-refractivity contribution in [3.63, 3.8) is 0 Å². The van der Waals surface area contributed by atoms with E-state index < -0.39 is 6.17 Å². The number of benzene rings is 1. The average Bonchev–Trinajstić information content (AvgIpc) is 3.41. The zero-order valence-corrected chi connectivity index (χ0v) is 16.6. The third-order valence-corrected chi connectivity index (χ3v) is 6.75. The van der Waals surface area contributed by atoms with Crippen LogP contribution in [-0.2, 0) is 4.74 Å². The van der Waals surface area contributed by atoms with E-state index in [1.165, 1.54) is 0 Å². The molecule has 0 radical (unpaired) electrons. The molecule has 154 valence electrons. The topological polar surface area (TPSA) is 70.5 Å². The number of hydrogen-bond acceptors (Lipinski definition) is 6. The average molecular weight is 398 g/mol. The number of piperidine rings is 1. The molecule has 3 saturated heterocycles. The highest BCUT2D eigenvalue weighted by Crippen LogP contribution is 2.35. The second-order valence-corrected chi connectivity index (χ2v) is 8.50. The second kappa shape index (κ2) is 7.54. The van der Waals surface area contributed by atoms with Crippen LogP contribution in [0.1, 0.15) is 37.2 Å². The van der Waals surface area contributed by atoms with Crippen LogP contribution in [0.25, 0.3) is 11.3 Å². The van der Waals surface area contributed by atoms with Gasteiger partial charge in [-0.2, -0.15) is 0 Å². The van der Waals surface area contributed by atoms with Gasteiger partial charge in [-0.05, 0) is 43.4 Å². The largest absolute Gasteiger partial charge is 0.507 e. The number of alkyl halides is 1. The Morgan fingerprint density at radius 2 is 2.10 bits per heavy atom. The van der Waals surface area contributed by atoms with Gasteiger partial charge in [-0.1, -0.05) is 6.07 Å². The van der Waals surface area contributed by atoms with E-state index in [2.05, 4.69) is 15.3 Å². The molecule has 1 aromatic heterocycles. The maximum atomic E-state index is 14.8. The van der Waals surface area contributed by atoms with Crippen molar-refractivity contribution in [2.45, 2.75) is 55.9 Å². The molecule has 1 unspecified atom stereocenters. The molecule has 2 aromatic rings. The molecule has 0 amide bonds. The summed E-state index contributed by atoms with van der Waals surface area (Å²) in [6.45, 7) is 1.47. The lowest BCUT2D eigenvalue weighted by atomic mass is 9.96. The summed E-state index contributed by atoms with van der Waals surface area (Å²) in [5.41, 5.74) is 2.34. The number of phenolic OH excluding ortho intramolecular Hbond substituents is 1. The first-order valence-electron chi connectivity index (χ1n) is 10.5. The van der Waals surface area contributed by atoms with Crippen LogP contribution in [0.4, 0.5) is 10.2 Å². The van der Waals surface area contributed by atoms with Crippen molar-refractivity contribution in [1.82, 2.24) is 15.3 Å². The molecular weight excluding hydrogens is 371 g/mol. The molecule has 2 bridgehead atoms. The van der Waals surface area contributed by atoms with Crippen LogP contribution in [0.2, 0.25) is 0 Å². The molecule has 0 aliphatic carbocycles. The van der Waals surface area contributed by atoms with E-state index in [0.29, 0.717) is 35.6 Å². The Labute approximate surface area is 170 Å². The Kier molecular flexibility index (Phi) is 4.87. The fourth-order valence-electron chi connectivity index (χ4n) is 4.98. The number of aromatic nitrogens is 2. The summed E-state index contributed by atoms with van der Waals surface area (Å²) >= 11 is 0. The van der Waals surface area contributed by atoms with Gasteiger partial charge in [0, 0.05) is 37.2 Å². The van der Waals surface area contributed by atoms with Crippen LogP contribution < -0.4 is 10.2 Å². The molecular formula is C22H27FN4O2. The number of halogens is 1. The van der Waals surface area contributed by atoms with Gasteiger partial charge in [-0.3, -0.25) is 4.98 Å². The number of hydrogen-bond donors (Lipinski definition) is 2. The third kappa shape index (κ3) is 3.46. The number of anilines is 1. The first kappa shape index (κ1) is 18.8. The van der Waals surface area contributed by atoms with Crippen molar-refractivity contribution < 1.29 is 14.2 Å². The molecule has 5 atom stereocenters. The molecule has 29 heavy (non-hydrogen) atoms. The Balaban J connectivity index is 1.33. The summed E-state index contributed by atoms with van der Waals surface area (Å²) in [4.78, 5) is 10.9. The van der Waals surface area contributed by atoms with Gasteiger partial charge in [0.1, 0.15) is 17.7 Å². The summed E-state index contributed by atoms with van der Waals surface area (Å²) in [5.74, 6) is 1.19. The molecule has 3 aliphatic heterocycles. The molecule has 0 saturated carbocycles. The Hall–Kier alpha value is -2.25. The van der Waals surface area contributed by atoms with Crippen molar-refractivity contribution in [2.24, 2.45) is 0 Å². The minimum absolute atomic E-state index is 0.0471. The Bertz CT molecular complexity index is 872. The van der Waals surface area contributed by atoms with Crippen LogP contribution in [0, 0.1) is 0 Å². The summed E-state index contributed by atoms with van der Waals surface area (Å²) < 4.78 is 20.3. The lowest BCUT2D eigenvalue weighted by molar-refractivity contribution is 0.176. The number of ether oxygens (including phenoxy) is 1. The third-order valence-electron chi connectivity index (χ3n) is 6.75. The van der Waals surface area contributed by atoms with Gasteiger partial charge in [0.15, 0.2) is 0 Å². The number of aromatic hydroxyl groups is 1. The van der Waals surface area contributed by atoms with Gasteiger partial charge in [0.25, 0.3) is 0 Å². The summed E-state index contributed by atoms with van der Waals surface area (Å²) in [6.07, 6.45) is 6.13. The van der Waals surface area contributed by atoms with Gasteiger partial charge < -0.3 is 20.1 Å². The van der Waals surface area contributed by atoms with Crippen LogP contribution >= 0.6 is 0 Å². The monoisotopic (exact) mass is 398 g/mol. The highest BCUT2D eigenvalue weighted by molar-refractivity contribution is 5.67. The lowest BCUT2D eigenvalue weighted by Crippen LogP contribution is -2.55. The predicted octanol–water partition coefficient (Wildman–Crippen LogP) is 3.02. The number of nitrogens with one attached hydrogen (secondary N) is 1. The normalized spacial score (nSPS) is 31.2. The van der Waals surface area contributed by atoms with Crippen molar-refractivity contribution in [3.05, 3.63) is 36.2 Å². The van der Waals surface area contributed by atoms with Gasteiger partial charge in [-0.15, -0.1) is 0 Å². The molecule has 6 nitrogen and oxygen atoms in total. The van der Waals surface area contributed by atoms with E-state index in [-0.39, 0.29) is 17.8 Å². The standard InChI is InChI=1S/C22H27FN4O2/c1-27(19-9-15-3-5-17(26-15)22(19)23)21-11-24-18(10-25-21)16-4-2-13(8-20(16)28)14-6-7-29-12-14/h2,4,8,10-11,14-15,17,19,22,26,28H,3,5-7,9,12H2,1H3/t14-,15?,17+,19-,22+/m1/s1. The maximum Gasteiger partial charge on any atom is 0.147 e. The van der Waals surface area contributed by atoms with Crippen LogP contribution in [0.5, 0.6) is 5.75 Å².